The van der Waals surface area contributed by atoms with E-state index in [0.29, 0.717) is 29.1 Å². The minimum atomic E-state index is -0.162. The molecule has 2 heterocycles. The van der Waals surface area contributed by atoms with Gasteiger partial charge >= 0.3 is 0 Å². The molecule has 0 saturated heterocycles. The third-order valence-electron chi connectivity index (χ3n) is 3.33. The highest BCUT2D eigenvalue weighted by Crippen LogP contribution is 2.22. The highest BCUT2D eigenvalue weighted by atomic mass is 16.3. The van der Waals surface area contributed by atoms with E-state index in [4.69, 9.17) is 4.42 Å². The van der Waals surface area contributed by atoms with Crippen LogP contribution < -0.4 is 5.32 Å². The fourth-order valence-electron chi connectivity index (χ4n) is 2.16. The number of hydrogen-bond acceptors (Lipinski definition) is 4. The molecule has 0 atom stereocenters. The molecule has 1 amide bonds. The lowest BCUT2D eigenvalue weighted by molar-refractivity contribution is 0.0950. The summed E-state index contributed by atoms with van der Waals surface area (Å²) in [6, 6.07) is 5.26. The topological polar surface area (TPSA) is 83.8 Å². The van der Waals surface area contributed by atoms with E-state index in [9.17, 15) is 4.79 Å². The van der Waals surface area contributed by atoms with Crippen LogP contribution in [-0.4, -0.2) is 20.9 Å². The van der Waals surface area contributed by atoms with Crippen molar-refractivity contribution in [1.29, 1.82) is 0 Å². The van der Waals surface area contributed by atoms with Crippen molar-refractivity contribution in [1.82, 2.24) is 20.3 Å². The van der Waals surface area contributed by atoms with Gasteiger partial charge in [-0.05, 0) is 25.1 Å². The Balaban J connectivity index is 1.75. The molecule has 0 aliphatic carbocycles. The number of aromatic amines is 1. The van der Waals surface area contributed by atoms with E-state index >= 15 is 0 Å². The minimum absolute atomic E-state index is 0.162. The first kappa shape index (κ1) is 14.3. The van der Waals surface area contributed by atoms with Crippen LogP contribution in [0, 0.1) is 6.92 Å². The van der Waals surface area contributed by atoms with Gasteiger partial charge in [0.15, 0.2) is 11.5 Å². The summed E-state index contributed by atoms with van der Waals surface area (Å²) >= 11 is 0. The zero-order valence-electron chi connectivity index (χ0n) is 12.8. The molecule has 6 nitrogen and oxygen atoms in total. The van der Waals surface area contributed by atoms with Gasteiger partial charge in [0.1, 0.15) is 11.3 Å². The second-order valence-electron chi connectivity index (χ2n) is 5.58. The molecule has 0 unspecified atom stereocenters. The summed E-state index contributed by atoms with van der Waals surface area (Å²) < 4.78 is 5.64. The molecule has 22 heavy (non-hydrogen) atoms. The van der Waals surface area contributed by atoms with Gasteiger partial charge in [-0.3, -0.25) is 4.79 Å². The number of carbonyl (C=O) groups excluding carboxylic acids is 1. The lowest BCUT2D eigenvalue weighted by Gasteiger charge is -2.03. The summed E-state index contributed by atoms with van der Waals surface area (Å²) in [4.78, 5) is 23.8. The van der Waals surface area contributed by atoms with Crippen LogP contribution >= 0.6 is 0 Å². The van der Waals surface area contributed by atoms with Gasteiger partial charge in [0.2, 0.25) is 0 Å². The number of fused-ring (bicyclic) bond motifs is 1. The van der Waals surface area contributed by atoms with Gasteiger partial charge in [-0.25, -0.2) is 9.97 Å². The maximum absolute atomic E-state index is 12.2. The van der Waals surface area contributed by atoms with E-state index in [2.05, 4.69) is 20.3 Å². The molecule has 6 heteroatoms. The molecule has 0 saturated carbocycles. The van der Waals surface area contributed by atoms with E-state index < -0.39 is 0 Å². The van der Waals surface area contributed by atoms with Crippen LogP contribution in [0.1, 0.15) is 47.5 Å². The number of nitrogens with zero attached hydrogens (tertiary/aromatic N) is 2. The van der Waals surface area contributed by atoms with Gasteiger partial charge in [0.05, 0.1) is 6.54 Å². The molecule has 3 aromatic rings. The van der Waals surface area contributed by atoms with Gasteiger partial charge in [0, 0.05) is 23.4 Å². The first-order valence-electron chi connectivity index (χ1n) is 7.22. The van der Waals surface area contributed by atoms with Crippen molar-refractivity contribution < 1.29 is 9.21 Å². The second-order valence-corrected chi connectivity index (χ2v) is 5.58. The molecule has 3 rings (SSSR count). The molecule has 114 valence electrons. The molecular formula is C16H18N4O2. The molecule has 0 aliphatic heterocycles. The van der Waals surface area contributed by atoms with E-state index in [-0.39, 0.29) is 11.8 Å². The average molecular weight is 298 g/mol. The smallest absolute Gasteiger partial charge is 0.251 e. The van der Waals surface area contributed by atoms with Crippen LogP contribution in [0.2, 0.25) is 0 Å². The van der Waals surface area contributed by atoms with E-state index in [1.807, 2.05) is 20.8 Å². The first-order valence-corrected chi connectivity index (χ1v) is 7.22. The van der Waals surface area contributed by atoms with Crippen LogP contribution in [0.3, 0.4) is 0 Å². The SMILES string of the molecule is Cc1cnc(CNC(=O)c2ccc3oc(C(C)C)nc3c2)[nH]1. The summed E-state index contributed by atoms with van der Waals surface area (Å²) in [5.41, 5.74) is 2.92. The predicted molar refractivity (Wildman–Crippen MR) is 82.6 cm³/mol. The third-order valence-corrected chi connectivity index (χ3v) is 3.33. The lowest BCUT2D eigenvalue weighted by atomic mass is 10.2. The Hall–Kier alpha value is -2.63. The molecule has 0 spiro atoms. The molecule has 2 aromatic heterocycles. The van der Waals surface area contributed by atoms with Crippen molar-refractivity contribution >= 4 is 17.0 Å². The maximum Gasteiger partial charge on any atom is 0.251 e. The van der Waals surface area contributed by atoms with Gasteiger partial charge < -0.3 is 14.7 Å². The van der Waals surface area contributed by atoms with Gasteiger partial charge in [-0.1, -0.05) is 13.8 Å². The molecule has 2 N–H and O–H groups in total. The number of aromatic nitrogens is 3. The van der Waals surface area contributed by atoms with Crippen molar-refractivity contribution in [2.75, 3.05) is 0 Å². The van der Waals surface area contributed by atoms with Gasteiger partial charge in [-0.2, -0.15) is 0 Å². The Labute approximate surface area is 128 Å². The van der Waals surface area contributed by atoms with Crippen LogP contribution in [0.4, 0.5) is 0 Å². The zero-order valence-corrected chi connectivity index (χ0v) is 12.8. The van der Waals surface area contributed by atoms with Crippen LogP contribution in [0.5, 0.6) is 0 Å². The number of imidazole rings is 1. The lowest BCUT2D eigenvalue weighted by Crippen LogP contribution is -2.23. The number of carbonyl (C=O) groups is 1. The highest BCUT2D eigenvalue weighted by molar-refractivity contribution is 5.97. The molecule has 0 radical (unpaired) electrons. The van der Waals surface area contributed by atoms with Gasteiger partial charge in [0.25, 0.3) is 5.91 Å². The quantitative estimate of drug-likeness (QED) is 0.775. The number of oxazole rings is 1. The predicted octanol–water partition coefficient (Wildman–Crippen LogP) is 2.91. The normalized spacial score (nSPS) is 11.3. The third kappa shape index (κ3) is 2.86. The molecule has 0 bridgehead atoms. The Morgan fingerprint density at radius 2 is 2.23 bits per heavy atom. The highest BCUT2D eigenvalue weighted by Gasteiger charge is 2.12. The standard InChI is InChI=1S/C16H18N4O2/c1-9(2)16-20-12-6-11(4-5-13(12)22-16)15(21)18-8-14-17-7-10(3)19-14/h4-7,9H,8H2,1-3H3,(H,17,19)(H,18,21). The minimum Gasteiger partial charge on any atom is -0.440 e. The first-order chi connectivity index (χ1) is 10.5. The number of benzene rings is 1. The summed E-state index contributed by atoms with van der Waals surface area (Å²) in [6.07, 6.45) is 1.73. The van der Waals surface area contributed by atoms with E-state index in [1.54, 1.807) is 24.4 Å². The number of nitrogens with one attached hydrogen (secondary N) is 2. The van der Waals surface area contributed by atoms with Crippen molar-refractivity contribution in [3.8, 4) is 0 Å². The summed E-state index contributed by atoms with van der Waals surface area (Å²) in [5.74, 6) is 1.46. The number of amides is 1. The molecule has 0 aliphatic rings. The van der Waals surface area contributed by atoms with Crippen molar-refractivity contribution in [2.24, 2.45) is 0 Å². The monoisotopic (exact) mass is 298 g/mol. The number of aryl methyl sites for hydroxylation is 1. The Bertz CT molecular complexity index is 817. The van der Waals surface area contributed by atoms with Crippen LogP contribution in [0.15, 0.2) is 28.8 Å². The van der Waals surface area contributed by atoms with E-state index in [0.717, 1.165) is 11.5 Å². The Kier molecular flexibility index (Phi) is 3.66. The number of H-pyrrole nitrogens is 1. The van der Waals surface area contributed by atoms with Crippen molar-refractivity contribution in [3.05, 3.63) is 47.4 Å². The summed E-state index contributed by atoms with van der Waals surface area (Å²) in [5, 5.41) is 2.83. The summed E-state index contributed by atoms with van der Waals surface area (Å²) in [7, 11) is 0. The zero-order chi connectivity index (χ0) is 15.7. The van der Waals surface area contributed by atoms with Gasteiger partial charge in [-0.15, -0.1) is 0 Å². The van der Waals surface area contributed by atoms with Crippen molar-refractivity contribution in [2.45, 2.75) is 33.2 Å². The van der Waals surface area contributed by atoms with E-state index in [1.165, 1.54) is 0 Å². The largest absolute Gasteiger partial charge is 0.440 e. The van der Waals surface area contributed by atoms with Crippen LogP contribution in [-0.2, 0) is 6.54 Å². The molecule has 1 aromatic carbocycles. The average Bonchev–Trinajstić information content (AvgIpc) is 3.09. The second kappa shape index (κ2) is 5.63. The maximum atomic E-state index is 12.2. The fraction of sp³-hybridized carbons (Fsp3) is 0.312. The Morgan fingerprint density at radius 1 is 1.41 bits per heavy atom. The molecule has 0 fully saturated rings. The molecular weight excluding hydrogens is 280 g/mol. The number of hydrogen-bond donors (Lipinski definition) is 2. The Morgan fingerprint density at radius 3 is 2.91 bits per heavy atom. The summed E-state index contributed by atoms with van der Waals surface area (Å²) in [6.45, 7) is 6.32. The number of rotatable bonds is 4. The fourth-order valence-corrected chi connectivity index (χ4v) is 2.16. The van der Waals surface area contributed by atoms with Crippen LogP contribution in [0.25, 0.3) is 11.1 Å². The van der Waals surface area contributed by atoms with Crippen molar-refractivity contribution in [3.63, 3.8) is 0 Å².